The Morgan fingerprint density at radius 2 is 2.00 bits per heavy atom. The van der Waals surface area contributed by atoms with Gasteiger partial charge in [0.2, 0.25) is 0 Å². The summed E-state index contributed by atoms with van der Waals surface area (Å²) in [5, 5.41) is 0. The molecule has 0 aromatic heterocycles. The van der Waals surface area contributed by atoms with E-state index in [0.717, 1.165) is 12.8 Å². The van der Waals surface area contributed by atoms with Crippen molar-refractivity contribution in [3.8, 4) is 0 Å². The van der Waals surface area contributed by atoms with Gasteiger partial charge in [0.15, 0.2) is 0 Å². The topological polar surface area (TPSA) is 61.6 Å². The van der Waals surface area contributed by atoms with Crippen LogP contribution in [0.25, 0.3) is 0 Å². The van der Waals surface area contributed by atoms with Crippen molar-refractivity contribution in [2.24, 2.45) is 5.73 Å². The van der Waals surface area contributed by atoms with Gasteiger partial charge in [-0.25, -0.2) is 4.79 Å². The lowest BCUT2D eigenvalue weighted by Crippen LogP contribution is -2.27. The van der Waals surface area contributed by atoms with Crippen LogP contribution in [0.1, 0.15) is 32.6 Å². The van der Waals surface area contributed by atoms with Crippen molar-refractivity contribution >= 4 is 6.09 Å². The number of carbonyl (C=O) groups is 1. The highest BCUT2D eigenvalue weighted by Gasteiger charge is 2.29. The van der Waals surface area contributed by atoms with Gasteiger partial charge in [-0.1, -0.05) is 12.8 Å². The standard InChI is InChI=1S/C9H17NO3/c1-9(4-2-3-5-9)13-7-6-12-8(10)11/h2-7H2,1H3,(H2,10,11). The number of carbonyl (C=O) groups excluding carboxylic acids is 1. The molecule has 1 saturated carbocycles. The molecule has 0 aromatic rings. The van der Waals surface area contributed by atoms with Crippen molar-refractivity contribution in [3.05, 3.63) is 0 Å². The van der Waals surface area contributed by atoms with Gasteiger partial charge in [0.05, 0.1) is 12.2 Å². The maximum atomic E-state index is 10.2. The third kappa shape index (κ3) is 3.63. The zero-order valence-corrected chi connectivity index (χ0v) is 8.04. The molecular formula is C9H17NO3. The number of hydrogen-bond donors (Lipinski definition) is 1. The molecule has 0 unspecified atom stereocenters. The van der Waals surface area contributed by atoms with Crippen molar-refractivity contribution in [2.45, 2.75) is 38.2 Å². The van der Waals surface area contributed by atoms with E-state index < -0.39 is 6.09 Å². The Kier molecular flexibility index (Phi) is 3.54. The normalized spacial score (nSPS) is 20.1. The minimum absolute atomic E-state index is 0.000998. The smallest absolute Gasteiger partial charge is 0.404 e. The number of primary amides is 1. The van der Waals surface area contributed by atoms with Gasteiger partial charge in [-0.05, 0) is 19.8 Å². The summed E-state index contributed by atoms with van der Waals surface area (Å²) in [6, 6.07) is 0. The molecule has 13 heavy (non-hydrogen) atoms. The average Bonchev–Trinajstić information content (AvgIpc) is 2.47. The van der Waals surface area contributed by atoms with E-state index in [0.29, 0.717) is 6.61 Å². The van der Waals surface area contributed by atoms with Gasteiger partial charge >= 0.3 is 6.09 Å². The predicted molar refractivity (Wildman–Crippen MR) is 48.4 cm³/mol. The molecule has 0 atom stereocenters. The zero-order chi connectivity index (χ0) is 9.73. The van der Waals surface area contributed by atoms with Gasteiger partial charge in [0, 0.05) is 0 Å². The molecule has 0 saturated heterocycles. The molecule has 0 spiro atoms. The molecule has 76 valence electrons. The van der Waals surface area contributed by atoms with Gasteiger partial charge in [-0.2, -0.15) is 0 Å². The maximum absolute atomic E-state index is 10.2. The van der Waals surface area contributed by atoms with Crippen LogP contribution in [0.5, 0.6) is 0 Å². The van der Waals surface area contributed by atoms with E-state index >= 15 is 0 Å². The molecule has 1 aliphatic carbocycles. The van der Waals surface area contributed by atoms with Crippen LogP contribution in [0.4, 0.5) is 4.79 Å². The highest BCUT2D eigenvalue weighted by molar-refractivity contribution is 5.64. The zero-order valence-electron chi connectivity index (χ0n) is 8.04. The molecule has 0 radical (unpaired) electrons. The number of ether oxygens (including phenoxy) is 2. The lowest BCUT2D eigenvalue weighted by Gasteiger charge is -2.23. The van der Waals surface area contributed by atoms with E-state index in [1.165, 1.54) is 12.8 Å². The van der Waals surface area contributed by atoms with E-state index in [2.05, 4.69) is 11.7 Å². The number of nitrogens with two attached hydrogens (primary N) is 1. The van der Waals surface area contributed by atoms with Crippen LogP contribution in [0.15, 0.2) is 0 Å². The number of hydrogen-bond acceptors (Lipinski definition) is 3. The fourth-order valence-electron chi connectivity index (χ4n) is 1.70. The van der Waals surface area contributed by atoms with Crippen LogP contribution in [0.2, 0.25) is 0 Å². The van der Waals surface area contributed by atoms with Gasteiger partial charge in [-0.15, -0.1) is 0 Å². The molecule has 4 nitrogen and oxygen atoms in total. The Hall–Kier alpha value is -0.770. The third-order valence-electron chi connectivity index (χ3n) is 2.44. The van der Waals surface area contributed by atoms with Crippen LogP contribution >= 0.6 is 0 Å². The van der Waals surface area contributed by atoms with Crippen LogP contribution in [0, 0.1) is 0 Å². The second-order valence-corrected chi connectivity index (χ2v) is 3.67. The van der Waals surface area contributed by atoms with E-state index in [9.17, 15) is 4.79 Å². The fourth-order valence-corrected chi connectivity index (χ4v) is 1.70. The molecule has 1 amide bonds. The summed E-state index contributed by atoms with van der Waals surface area (Å²) in [6.07, 6.45) is 3.92. The summed E-state index contributed by atoms with van der Waals surface area (Å²) < 4.78 is 10.2. The Morgan fingerprint density at radius 3 is 2.54 bits per heavy atom. The first-order valence-corrected chi connectivity index (χ1v) is 4.69. The Bertz CT molecular complexity index is 176. The van der Waals surface area contributed by atoms with Gasteiger partial charge in [0.1, 0.15) is 6.61 Å². The van der Waals surface area contributed by atoms with Gasteiger partial charge < -0.3 is 15.2 Å². The summed E-state index contributed by atoms with van der Waals surface area (Å²) >= 11 is 0. The highest BCUT2D eigenvalue weighted by Crippen LogP contribution is 2.32. The SMILES string of the molecule is CC1(OCCOC(N)=O)CCCC1. The molecule has 0 bridgehead atoms. The van der Waals surface area contributed by atoms with E-state index in [1.54, 1.807) is 0 Å². The molecule has 0 heterocycles. The molecule has 0 aromatic carbocycles. The first-order chi connectivity index (χ1) is 6.12. The molecule has 0 aliphatic heterocycles. The number of amides is 1. The lowest BCUT2D eigenvalue weighted by atomic mass is 10.1. The second kappa shape index (κ2) is 4.46. The Labute approximate surface area is 78.4 Å². The molecular weight excluding hydrogens is 170 g/mol. The van der Waals surface area contributed by atoms with Crippen LogP contribution in [-0.4, -0.2) is 24.9 Å². The van der Waals surface area contributed by atoms with Crippen LogP contribution < -0.4 is 5.73 Å². The molecule has 1 aliphatic rings. The summed E-state index contributed by atoms with van der Waals surface area (Å²) in [7, 11) is 0. The summed E-state index contributed by atoms with van der Waals surface area (Å²) in [4.78, 5) is 10.2. The third-order valence-corrected chi connectivity index (χ3v) is 2.44. The molecule has 2 N–H and O–H groups in total. The predicted octanol–water partition coefficient (Wildman–Crippen LogP) is 1.43. The quantitative estimate of drug-likeness (QED) is 0.677. The molecule has 1 rings (SSSR count). The van der Waals surface area contributed by atoms with Gasteiger partial charge in [0.25, 0.3) is 0 Å². The Morgan fingerprint density at radius 1 is 1.38 bits per heavy atom. The Balaban J connectivity index is 2.07. The second-order valence-electron chi connectivity index (χ2n) is 3.67. The fraction of sp³-hybridized carbons (Fsp3) is 0.889. The summed E-state index contributed by atoms with van der Waals surface area (Å²) in [5.41, 5.74) is 4.80. The minimum Gasteiger partial charge on any atom is -0.447 e. The maximum Gasteiger partial charge on any atom is 0.404 e. The lowest BCUT2D eigenvalue weighted by molar-refractivity contribution is -0.0420. The van der Waals surface area contributed by atoms with Crippen LogP contribution in [-0.2, 0) is 9.47 Å². The minimum atomic E-state index is -0.736. The van der Waals surface area contributed by atoms with Crippen molar-refractivity contribution in [2.75, 3.05) is 13.2 Å². The van der Waals surface area contributed by atoms with Crippen molar-refractivity contribution in [1.82, 2.24) is 0 Å². The molecule has 1 fully saturated rings. The first kappa shape index (κ1) is 10.3. The van der Waals surface area contributed by atoms with Crippen molar-refractivity contribution in [3.63, 3.8) is 0 Å². The highest BCUT2D eigenvalue weighted by atomic mass is 16.6. The van der Waals surface area contributed by atoms with E-state index in [1.807, 2.05) is 0 Å². The molecule has 4 heteroatoms. The first-order valence-electron chi connectivity index (χ1n) is 4.69. The van der Waals surface area contributed by atoms with Crippen molar-refractivity contribution in [1.29, 1.82) is 0 Å². The average molecular weight is 187 g/mol. The van der Waals surface area contributed by atoms with Crippen molar-refractivity contribution < 1.29 is 14.3 Å². The van der Waals surface area contributed by atoms with E-state index in [4.69, 9.17) is 10.5 Å². The van der Waals surface area contributed by atoms with Crippen LogP contribution in [0.3, 0.4) is 0 Å². The largest absolute Gasteiger partial charge is 0.447 e. The monoisotopic (exact) mass is 187 g/mol. The van der Waals surface area contributed by atoms with E-state index in [-0.39, 0.29) is 12.2 Å². The van der Waals surface area contributed by atoms with Gasteiger partial charge in [-0.3, -0.25) is 0 Å². The number of rotatable bonds is 4. The summed E-state index contributed by atoms with van der Waals surface area (Å²) in [5.74, 6) is 0. The summed E-state index contributed by atoms with van der Waals surface area (Å²) in [6.45, 7) is 2.80.